The monoisotopic (exact) mass is 285 g/mol. The number of aromatic amines is 1. The molecule has 6 heteroatoms. The second-order valence-electron chi connectivity index (χ2n) is 4.46. The van der Waals surface area contributed by atoms with Gasteiger partial charge in [0.15, 0.2) is 5.65 Å². The van der Waals surface area contributed by atoms with Gasteiger partial charge in [0, 0.05) is 10.9 Å². The third-order valence-electron chi connectivity index (χ3n) is 3.22. The first-order chi connectivity index (χ1) is 9.78. The van der Waals surface area contributed by atoms with Crippen LogP contribution in [0.15, 0.2) is 46.8 Å². The van der Waals surface area contributed by atoms with Gasteiger partial charge in [0.05, 0.1) is 6.33 Å². The van der Waals surface area contributed by atoms with Crippen LogP contribution in [0.4, 0.5) is 0 Å². The van der Waals surface area contributed by atoms with Gasteiger partial charge in [-0.2, -0.15) is 0 Å². The number of H-pyrrole nitrogens is 1. The van der Waals surface area contributed by atoms with Crippen molar-refractivity contribution in [1.82, 2.24) is 25.3 Å². The van der Waals surface area contributed by atoms with Crippen molar-refractivity contribution >= 4 is 22.9 Å². The van der Waals surface area contributed by atoms with Gasteiger partial charge < -0.3 is 10.3 Å². The molecular weight excluding hydrogens is 270 g/mol. The quantitative estimate of drug-likeness (QED) is 0.722. The Morgan fingerprint density at radius 3 is 2.70 bits per heavy atom. The van der Waals surface area contributed by atoms with E-state index in [-0.39, 0.29) is 0 Å². The predicted molar refractivity (Wildman–Crippen MR) is 79.7 cm³/mol. The van der Waals surface area contributed by atoms with Gasteiger partial charge in [-0.25, -0.2) is 15.0 Å². The highest BCUT2D eigenvalue weighted by molar-refractivity contribution is 7.99. The molecule has 3 rings (SSSR count). The van der Waals surface area contributed by atoms with E-state index in [4.69, 9.17) is 0 Å². The first-order valence-corrected chi connectivity index (χ1v) is 7.18. The maximum absolute atomic E-state index is 4.32. The summed E-state index contributed by atoms with van der Waals surface area (Å²) in [7, 11) is 1.96. The van der Waals surface area contributed by atoms with Gasteiger partial charge in [-0.15, -0.1) is 0 Å². The molecule has 0 saturated heterocycles. The van der Waals surface area contributed by atoms with E-state index in [0.29, 0.717) is 11.7 Å². The minimum atomic E-state index is 0.354. The topological polar surface area (TPSA) is 66.5 Å². The Morgan fingerprint density at radius 2 is 1.95 bits per heavy atom. The Morgan fingerprint density at radius 1 is 1.15 bits per heavy atom. The molecule has 1 aromatic carbocycles. The molecule has 0 radical (unpaired) electrons. The minimum absolute atomic E-state index is 0.354. The molecule has 0 saturated carbocycles. The number of imidazole rings is 1. The summed E-state index contributed by atoms with van der Waals surface area (Å²) in [6.07, 6.45) is 3.18. The maximum Gasteiger partial charge on any atom is 0.181 e. The van der Waals surface area contributed by atoms with E-state index >= 15 is 0 Å². The largest absolute Gasteiger partial charge is 0.341 e. The number of hydrogen-bond donors (Lipinski definition) is 2. The molecule has 0 aliphatic rings. The van der Waals surface area contributed by atoms with Gasteiger partial charge in [0.2, 0.25) is 0 Å². The zero-order valence-electron chi connectivity index (χ0n) is 11.3. The molecule has 5 nitrogen and oxygen atoms in total. The van der Waals surface area contributed by atoms with E-state index < -0.39 is 0 Å². The summed E-state index contributed by atoms with van der Waals surface area (Å²) in [5, 5.41) is 4.12. The molecule has 2 heterocycles. The van der Waals surface area contributed by atoms with Crippen LogP contribution in [0.2, 0.25) is 0 Å². The van der Waals surface area contributed by atoms with Crippen molar-refractivity contribution in [2.45, 2.75) is 22.9 Å². The van der Waals surface area contributed by atoms with Crippen molar-refractivity contribution in [2.24, 2.45) is 0 Å². The number of benzene rings is 1. The summed E-state index contributed by atoms with van der Waals surface area (Å²) in [4.78, 5) is 16.8. The van der Waals surface area contributed by atoms with Crippen LogP contribution in [-0.4, -0.2) is 27.0 Å². The van der Waals surface area contributed by atoms with Crippen LogP contribution in [0.3, 0.4) is 0 Å². The average molecular weight is 285 g/mol. The summed E-state index contributed by atoms with van der Waals surface area (Å²) < 4.78 is 0. The Bertz CT molecular complexity index is 707. The Kier molecular flexibility index (Phi) is 3.66. The summed E-state index contributed by atoms with van der Waals surface area (Å²) in [6.45, 7) is 2.14. The first-order valence-electron chi connectivity index (χ1n) is 6.37. The molecule has 1 unspecified atom stereocenters. The number of fused-ring (bicyclic) bond motifs is 1. The normalized spacial score (nSPS) is 12.7. The molecule has 20 heavy (non-hydrogen) atoms. The van der Waals surface area contributed by atoms with Crippen molar-refractivity contribution in [3.63, 3.8) is 0 Å². The van der Waals surface area contributed by atoms with Crippen LogP contribution < -0.4 is 5.32 Å². The first kappa shape index (κ1) is 13.1. The lowest BCUT2D eigenvalue weighted by Gasteiger charge is -2.10. The fourth-order valence-corrected chi connectivity index (χ4v) is 2.77. The van der Waals surface area contributed by atoms with Crippen LogP contribution >= 0.6 is 11.8 Å². The lowest BCUT2D eigenvalue weighted by molar-refractivity contribution is 0.652. The molecule has 2 aromatic heterocycles. The molecule has 0 bridgehead atoms. The average Bonchev–Trinajstić information content (AvgIpc) is 2.97. The van der Waals surface area contributed by atoms with E-state index in [1.807, 2.05) is 7.05 Å². The standard InChI is InChI=1S/C14H15N5S/c1-9(15-2)10-3-5-11(6-4-10)20-14-12-13(17-7-16-12)18-8-19-14/h3-9,15H,1-2H3,(H,16,17,18,19). The number of aromatic nitrogens is 4. The van der Waals surface area contributed by atoms with Crippen molar-refractivity contribution in [1.29, 1.82) is 0 Å². The zero-order chi connectivity index (χ0) is 13.9. The third-order valence-corrected chi connectivity index (χ3v) is 4.23. The summed E-state index contributed by atoms with van der Waals surface area (Å²) in [5.74, 6) is 0. The molecule has 0 spiro atoms. The number of nitrogens with zero attached hydrogens (tertiary/aromatic N) is 3. The second kappa shape index (κ2) is 5.60. The minimum Gasteiger partial charge on any atom is -0.341 e. The Hall–Kier alpha value is -1.92. The van der Waals surface area contributed by atoms with Crippen LogP contribution in [0.25, 0.3) is 11.2 Å². The van der Waals surface area contributed by atoms with Crippen LogP contribution in [0, 0.1) is 0 Å². The fourth-order valence-electron chi connectivity index (χ4n) is 1.92. The van der Waals surface area contributed by atoms with Gasteiger partial charge in [-0.05, 0) is 31.7 Å². The highest BCUT2D eigenvalue weighted by Crippen LogP contribution is 2.30. The van der Waals surface area contributed by atoms with E-state index in [1.165, 1.54) is 5.56 Å². The van der Waals surface area contributed by atoms with Crippen LogP contribution in [0.1, 0.15) is 18.5 Å². The van der Waals surface area contributed by atoms with E-state index in [1.54, 1.807) is 24.4 Å². The van der Waals surface area contributed by atoms with Gasteiger partial charge in [-0.3, -0.25) is 0 Å². The van der Waals surface area contributed by atoms with E-state index in [0.717, 1.165) is 15.4 Å². The molecule has 0 amide bonds. The van der Waals surface area contributed by atoms with Crippen molar-refractivity contribution in [2.75, 3.05) is 7.05 Å². The molecule has 0 fully saturated rings. The molecule has 3 aromatic rings. The smallest absolute Gasteiger partial charge is 0.181 e. The van der Waals surface area contributed by atoms with E-state index in [2.05, 4.69) is 56.4 Å². The van der Waals surface area contributed by atoms with Crippen molar-refractivity contribution < 1.29 is 0 Å². The fraction of sp³-hybridized carbons (Fsp3) is 0.214. The van der Waals surface area contributed by atoms with Gasteiger partial charge in [0.25, 0.3) is 0 Å². The van der Waals surface area contributed by atoms with Crippen molar-refractivity contribution in [3.05, 3.63) is 42.5 Å². The molecular formula is C14H15N5S. The Balaban J connectivity index is 1.86. The third kappa shape index (κ3) is 2.52. The molecule has 102 valence electrons. The highest BCUT2D eigenvalue weighted by Gasteiger charge is 2.08. The summed E-state index contributed by atoms with van der Waals surface area (Å²) in [5.41, 5.74) is 2.85. The van der Waals surface area contributed by atoms with Crippen LogP contribution in [-0.2, 0) is 0 Å². The number of rotatable bonds is 4. The highest BCUT2D eigenvalue weighted by atomic mass is 32.2. The zero-order valence-corrected chi connectivity index (χ0v) is 12.1. The SMILES string of the molecule is CNC(C)c1ccc(Sc2ncnc3nc[nH]c23)cc1. The maximum atomic E-state index is 4.32. The predicted octanol–water partition coefficient (Wildman–Crippen LogP) is 2.78. The Labute approximate surface area is 121 Å². The summed E-state index contributed by atoms with van der Waals surface area (Å²) >= 11 is 1.61. The van der Waals surface area contributed by atoms with Gasteiger partial charge in [-0.1, -0.05) is 23.9 Å². The lowest BCUT2D eigenvalue weighted by Crippen LogP contribution is -2.11. The van der Waals surface area contributed by atoms with Gasteiger partial charge in [0.1, 0.15) is 16.9 Å². The van der Waals surface area contributed by atoms with Crippen molar-refractivity contribution in [3.8, 4) is 0 Å². The molecule has 0 aliphatic heterocycles. The van der Waals surface area contributed by atoms with E-state index in [9.17, 15) is 0 Å². The lowest BCUT2D eigenvalue weighted by atomic mass is 10.1. The second-order valence-corrected chi connectivity index (χ2v) is 5.52. The van der Waals surface area contributed by atoms with Gasteiger partial charge >= 0.3 is 0 Å². The molecule has 0 aliphatic carbocycles. The number of hydrogen-bond acceptors (Lipinski definition) is 5. The number of nitrogens with one attached hydrogen (secondary N) is 2. The van der Waals surface area contributed by atoms with Crippen LogP contribution in [0.5, 0.6) is 0 Å². The molecule has 1 atom stereocenters. The summed E-state index contributed by atoms with van der Waals surface area (Å²) in [6, 6.07) is 8.84. The molecule has 2 N–H and O–H groups in total.